The fourth-order valence-electron chi connectivity index (χ4n) is 3.05. The molecule has 1 heterocycles. The molecule has 0 aromatic rings. The van der Waals surface area contributed by atoms with E-state index in [1.54, 1.807) is 39.8 Å². The van der Waals surface area contributed by atoms with E-state index >= 15 is 0 Å². The molecule has 1 rings (SSSR count). The van der Waals surface area contributed by atoms with E-state index in [0.29, 0.717) is 19.4 Å². The number of ether oxygens (including phenoxy) is 2. The number of hydrogen-bond donors (Lipinski definition) is 2. The highest BCUT2D eigenvalue weighted by Gasteiger charge is 2.35. The summed E-state index contributed by atoms with van der Waals surface area (Å²) in [7, 11) is 0. The quantitative estimate of drug-likeness (QED) is 0.269. The summed E-state index contributed by atoms with van der Waals surface area (Å²) in [6.07, 6.45) is 3.30. The van der Waals surface area contributed by atoms with Crippen molar-refractivity contribution >= 4 is 58.6 Å². The number of halogens is 3. The predicted molar refractivity (Wildman–Crippen MR) is 125 cm³/mol. The number of hydrogen-bond acceptors (Lipinski definition) is 7. The molecule has 0 spiro atoms. The Labute approximate surface area is 209 Å². The van der Waals surface area contributed by atoms with Crippen molar-refractivity contribution in [3.63, 3.8) is 0 Å². The Morgan fingerprint density at radius 3 is 2.36 bits per heavy atom. The van der Waals surface area contributed by atoms with Gasteiger partial charge in [-0.3, -0.25) is 24.2 Å². The molecule has 12 heteroatoms. The number of nitrogens with one attached hydrogen (secondary N) is 2. The first-order chi connectivity index (χ1) is 15.3. The maximum Gasteiger partial charge on any atom is 0.325 e. The summed E-state index contributed by atoms with van der Waals surface area (Å²) in [5, 5.41) is 3.84. The van der Waals surface area contributed by atoms with Crippen molar-refractivity contribution in [1.82, 2.24) is 15.8 Å². The summed E-state index contributed by atoms with van der Waals surface area (Å²) in [5.41, 5.74) is 2.79. The normalized spacial score (nSPS) is 19.7. The molecule has 2 N–H and O–H groups in total. The first-order valence-corrected chi connectivity index (χ1v) is 11.8. The largest absolute Gasteiger partial charge is 0.460 e. The average molecular weight is 529 g/mol. The molecule has 0 saturated carbocycles. The van der Waals surface area contributed by atoms with Crippen LogP contribution in [0.3, 0.4) is 0 Å². The number of carbonyl (C=O) groups is 4. The molecule has 0 aromatic carbocycles. The minimum atomic E-state index is -1.74. The molecule has 1 aliphatic heterocycles. The van der Waals surface area contributed by atoms with Crippen molar-refractivity contribution in [2.24, 2.45) is 11.8 Å². The maximum absolute atomic E-state index is 12.8. The summed E-state index contributed by atoms with van der Waals surface area (Å²) in [6.45, 7) is 8.35. The Morgan fingerprint density at radius 2 is 1.82 bits per heavy atom. The summed E-state index contributed by atoms with van der Waals surface area (Å²) < 4.78 is 8.62. The smallest absolute Gasteiger partial charge is 0.325 e. The van der Waals surface area contributed by atoms with Gasteiger partial charge in [-0.2, -0.15) is 0 Å². The number of amides is 2. The standard InChI is InChI=1S/C21H32Cl3N3O6/c1-6-8-13(4)19(30)33-16(12(2)3)17(28)25-14(5)18(29)27-10-7-9-15(26-27)20(31)32-11-21(22,23)24/h6,8,12-16,26H,7,9-11H2,1-5H3,(H,25,28)/b8-6+/t13-,14+,15+,16+/m1/s1. The van der Waals surface area contributed by atoms with Crippen LogP contribution in [0.1, 0.15) is 47.5 Å². The lowest BCUT2D eigenvalue weighted by molar-refractivity contribution is -0.161. The van der Waals surface area contributed by atoms with Gasteiger partial charge >= 0.3 is 11.9 Å². The van der Waals surface area contributed by atoms with Gasteiger partial charge in [0.1, 0.15) is 18.7 Å². The van der Waals surface area contributed by atoms with E-state index in [1.807, 2.05) is 0 Å². The van der Waals surface area contributed by atoms with Gasteiger partial charge in [-0.05, 0) is 39.5 Å². The van der Waals surface area contributed by atoms with E-state index in [2.05, 4.69) is 10.7 Å². The summed E-state index contributed by atoms with van der Waals surface area (Å²) in [5.74, 6) is -3.04. The van der Waals surface area contributed by atoms with E-state index in [1.165, 1.54) is 11.9 Å². The Morgan fingerprint density at radius 1 is 1.18 bits per heavy atom. The molecule has 9 nitrogen and oxygen atoms in total. The maximum atomic E-state index is 12.8. The van der Waals surface area contributed by atoms with E-state index in [-0.39, 0.29) is 5.92 Å². The monoisotopic (exact) mass is 527 g/mol. The molecule has 2 amide bonds. The topological polar surface area (TPSA) is 114 Å². The van der Waals surface area contributed by atoms with Crippen LogP contribution in [0, 0.1) is 11.8 Å². The Balaban J connectivity index is 2.71. The molecule has 4 atom stereocenters. The number of nitrogens with zero attached hydrogens (tertiary/aromatic N) is 1. The minimum absolute atomic E-state index is 0.306. The molecule has 188 valence electrons. The number of rotatable bonds is 9. The zero-order valence-corrected chi connectivity index (χ0v) is 21.7. The number of esters is 2. The molecule has 1 saturated heterocycles. The predicted octanol–water partition coefficient (Wildman–Crippen LogP) is 2.68. The highest BCUT2D eigenvalue weighted by Crippen LogP contribution is 2.26. The third-order valence-electron chi connectivity index (χ3n) is 4.80. The molecule has 33 heavy (non-hydrogen) atoms. The SMILES string of the molecule is C/C=C/[C@@H](C)C(=O)O[C@H](C(=O)N[C@@H](C)C(=O)N1CCC[C@@H](C(=O)OCC(Cl)(Cl)Cl)N1)C(C)C. The van der Waals surface area contributed by atoms with Gasteiger partial charge in [0.2, 0.25) is 3.79 Å². The van der Waals surface area contributed by atoms with Gasteiger partial charge < -0.3 is 14.8 Å². The molecular weight excluding hydrogens is 497 g/mol. The first-order valence-electron chi connectivity index (χ1n) is 10.7. The highest BCUT2D eigenvalue weighted by atomic mass is 35.6. The van der Waals surface area contributed by atoms with Crippen LogP contribution in [-0.4, -0.2) is 63.9 Å². The summed E-state index contributed by atoms with van der Waals surface area (Å²) in [4.78, 5) is 50.0. The van der Waals surface area contributed by atoms with Gasteiger partial charge in [0.25, 0.3) is 11.8 Å². The molecule has 0 unspecified atom stereocenters. The Kier molecular flexibility index (Phi) is 11.9. The van der Waals surface area contributed by atoms with Crippen molar-refractivity contribution < 1.29 is 28.7 Å². The van der Waals surface area contributed by atoms with E-state index in [0.717, 1.165) is 0 Å². The summed E-state index contributed by atoms with van der Waals surface area (Å²) in [6, 6.07) is -1.73. The van der Waals surface area contributed by atoms with Crippen LogP contribution in [0.15, 0.2) is 12.2 Å². The van der Waals surface area contributed by atoms with Crippen molar-refractivity contribution in [1.29, 1.82) is 0 Å². The van der Waals surface area contributed by atoms with E-state index in [4.69, 9.17) is 44.3 Å². The molecule has 1 aliphatic rings. The van der Waals surface area contributed by atoms with Crippen LogP contribution in [0.25, 0.3) is 0 Å². The van der Waals surface area contributed by atoms with Crippen LogP contribution in [-0.2, 0) is 28.7 Å². The van der Waals surface area contributed by atoms with Crippen LogP contribution in [0.4, 0.5) is 0 Å². The number of hydrazine groups is 1. The van der Waals surface area contributed by atoms with Gasteiger partial charge in [-0.15, -0.1) is 0 Å². The minimum Gasteiger partial charge on any atom is -0.460 e. The van der Waals surface area contributed by atoms with Crippen molar-refractivity contribution in [2.75, 3.05) is 13.2 Å². The Bertz CT molecular complexity index is 741. The second-order valence-corrected chi connectivity index (χ2v) is 10.7. The second-order valence-electron chi connectivity index (χ2n) is 8.18. The zero-order valence-electron chi connectivity index (χ0n) is 19.4. The lowest BCUT2D eigenvalue weighted by Gasteiger charge is -2.34. The highest BCUT2D eigenvalue weighted by molar-refractivity contribution is 6.67. The van der Waals surface area contributed by atoms with Gasteiger partial charge in [-0.25, -0.2) is 5.43 Å². The van der Waals surface area contributed by atoms with E-state index < -0.39 is 58.3 Å². The van der Waals surface area contributed by atoms with E-state index in [9.17, 15) is 19.2 Å². The van der Waals surface area contributed by atoms with Crippen LogP contribution >= 0.6 is 34.8 Å². The average Bonchev–Trinajstić information content (AvgIpc) is 2.74. The summed E-state index contributed by atoms with van der Waals surface area (Å²) >= 11 is 16.8. The molecule has 0 aromatic heterocycles. The fourth-order valence-corrected chi connectivity index (χ4v) is 3.22. The Hall–Kier alpha value is -1.55. The molecular formula is C21H32Cl3N3O6. The molecule has 0 aliphatic carbocycles. The van der Waals surface area contributed by atoms with Crippen LogP contribution in [0.5, 0.6) is 0 Å². The second kappa shape index (κ2) is 13.4. The fraction of sp³-hybridized carbons (Fsp3) is 0.714. The van der Waals surface area contributed by atoms with Crippen molar-refractivity contribution in [3.8, 4) is 0 Å². The van der Waals surface area contributed by atoms with Gasteiger partial charge in [-0.1, -0.05) is 60.8 Å². The third kappa shape index (κ3) is 10.1. The number of carbonyl (C=O) groups excluding carboxylic acids is 4. The van der Waals surface area contributed by atoms with Crippen LogP contribution in [0.2, 0.25) is 0 Å². The lowest BCUT2D eigenvalue weighted by Crippen LogP contribution is -2.60. The molecule has 0 bridgehead atoms. The van der Waals surface area contributed by atoms with Crippen LogP contribution < -0.4 is 10.7 Å². The van der Waals surface area contributed by atoms with Gasteiger partial charge in [0, 0.05) is 6.54 Å². The molecule has 0 radical (unpaired) electrons. The molecule has 1 fully saturated rings. The zero-order chi connectivity index (χ0) is 25.3. The van der Waals surface area contributed by atoms with Crippen molar-refractivity contribution in [2.45, 2.75) is 69.4 Å². The lowest BCUT2D eigenvalue weighted by atomic mass is 10.1. The van der Waals surface area contributed by atoms with Crippen molar-refractivity contribution in [3.05, 3.63) is 12.2 Å². The van der Waals surface area contributed by atoms with Gasteiger partial charge in [0.15, 0.2) is 6.10 Å². The number of alkyl halides is 3. The first kappa shape index (κ1) is 29.5. The third-order valence-corrected chi connectivity index (χ3v) is 5.13. The van der Waals surface area contributed by atoms with Gasteiger partial charge in [0.05, 0.1) is 5.92 Å². The number of allylic oxidation sites excluding steroid dienone is 1.